The summed E-state index contributed by atoms with van der Waals surface area (Å²) in [4.78, 5) is -0.376. The van der Waals surface area contributed by atoms with E-state index >= 15 is 0 Å². The molecule has 0 heterocycles. The molecule has 1 aromatic carbocycles. The minimum atomic E-state index is -4.70. The Labute approximate surface area is 133 Å². The van der Waals surface area contributed by atoms with E-state index < -0.39 is 32.8 Å². The number of rotatable bonds is 5. The summed E-state index contributed by atoms with van der Waals surface area (Å²) >= 11 is 0. The summed E-state index contributed by atoms with van der Waals surface area (Å²) in [7, 11) is -8.13. The Hall–Kier alpha value is -1.33. The molecule has 0 spiro atoms. The zero-order valence-electron chi connectivity index (χ0n) is 12.9. The van der Waals surface area contributed by atoms with Crippen molar-refractivity contribution in [1.82, 2.24) is 4.72 Å². The van der Waals surface area contributed by atoms with Crippen molar-refractivity contribution in [2.45, 2.75) is 31.8 Å². The van der Waals surface area contributed by atoms with Gasteiger partial charge in [0.1, 0.15) is 6.54 Å². The zero-order valence-corrected chi connectivity index (χ0v) is 14.5. The quantitative estimate of drug-likeness (QED) is 0.822. The number of halogens is 3. The average molecular weight is 374 g/mol. The SMILES string of the molecule is Cc1cc(C)c(S(=O)(=O)NCC(F)(F)F)c(C)c1NS(C)(=O)=O. The lowest BCUT2D eigenvalue weighted by molar-refractivity contribution is -0.121. The number of alkyl halides is 3. The highest BCUT2D eigenvalue weighted by Gasteiger charge is 2.31. The highest BCUT2D eigenvalue weighted by molar-refractivity contribution is 7.92. The molecule has 6 nitrogen and oxygen atoms in total. The standard InChI is InChI=1S/C12H17F3N2O4S2/c1-7-5-8(2)11(9(3)10(7)17-22(4,18)19)23(20,21)16-6-12(13,14)15/h5,16-17H,6H2,1-4H3. The summed E-state index contributed by atoms with van der Waals surface area (Å²) in [6, 6.07) is 1.39. The Morgan fingerprint density at radius 1 is 1.04 bits per heavy atom. The van der Waals surface area contributed by atoms with Crippen molar-refractivity contribution >= 4 is 25.7 Å². The predicted molar refractivity (Wildman–Crippen MR) is 80.4 cm³/mol. The second-order valence-corrected chi connectivity index (χ2v) is 8.61. The van der Waals surface area contributed by atoms with Crippen LogP contribution >= 0.6 is 0 Å². The van der Waals surface area contributed by atoms with E-state index in [9.17, 15) is 30.0 Å². The van der Waals surface area contributed by atoms with Gasteiger partial charge in [0, 0.05) is 0 Å². The topological polar surface area (TPSA) is 92.3 Å². The number of nitrogens with one attached hydrogen (secondary N) is 2. The average Bonchev–Trinajstić information content (AvgIpc) is 2.29. The maximum atomic E-state index is 12.3. The van der Waals surface area contributed by atoms with E-state index in [-0.39, 0.29) is 21.7 Å². The maximum Gasteiger partial charge on any atom is 0.402 e. The van der Waals surface area contributed by atoms with Crippen LogP contribution < -0.4 is 9.44 Å². The van der Waals surface area contributed by atoms with Crippen molar-refractivity contribution < 1.29 is 30.0 Å². The van der Waals surface area contributed by atoms with Crippen LogP contribution in [0.15, 0.2) is 11.0 Å². The molecule has 11 heteroatoms. The van der Waals surface area contributed by atoms with Crippen molar-refractivity contribution in [3.63, 3.8) is 0 Å². The Morgan fingerprint density at radius 3 is 2.00 bits per heavy atom. The number of sulfonamides is 2. The molecule has 0 aromatic heterocycles. The molecule has 0 unspecified atom stereocenters. The van der Waals surface area contributed by atoms with Crippen LogP contribution in [0.5, 0.6) is 0 Å². The summed E-state index contributed by atoms with van der Waals surface area (Å²) in [6.07, 6.45) is -3.81. The molecular formula is C12H17F3N2O4S2. The third kappa shape index (κ3) is 5.36. The van der Waals surface area contributed by atoms with Crippen LogP contribution in [0.4, 0.5) is 18.9 Å². The molecule has 0 aliphatic carbocycles. The lowest BCUT2D eigenvalue weighted by Crippen LogP contribution is -2.34. The van der Waals surface area contributed by atoms with Gasteiger partial charge in [0.05, 0.1) is 16.8 Å². The first-order valence-corrected chi connectivity index (χ1v) is 9.66. The predicted octanol–water partition coefficient (Wildman–Crippen LogP) is 1.82. The van der Waals surface area contributed by atoms with E-state index in [2.05, 4.69) is 4.72 Å². The lowest BCUT2D eigenvalue weighted by atomic mass is 10.1. The molecule has 132 valence electrons. The molecule has 0 aliphatic heterocycles. The molecule has 0 atom stereocenters. The summed E-state index contributed by atoms with van der Waals surface area (Å²) in [5.74, 6) is 0. The lowest BCUT2D eigenvalue weighted by Gasteiger charge is -2.18. The Morgan fingerprint density at radius 2 is 1.57 bits per heavy atom. The Kier molecular flexibility index (Phi) is 5.39. The van der Waals surface area contributed by atoms with Crippen LogP contribution in [0.3, 0.4) is 0 Å². The molecule has 0 fully saturated rings. The second kappa shape index (κ2) is 6.29. The zero-order chi connectivity index (χ0) is 18.2. The molecule has 0 radical (unpaired) electrons. The van der Waals surface area contributed by atoms with Gasteiger partial charge >= 0.3 is 6.18 Å². The van der Waals surface area contributed by atoms with Crippen LogP contribution in [-0.2, 0) is 20.0 Å². The number of anilines is 1. The first-order valence-electron chi connectivity index (χ1n) is 6.29. The molecule has 0 saturated heterocycles. The minimum Gasteiger partial charge on any atom is -0.283 e. The van der Waals surface area contributed by atoms with Gasteiger partial charge in [-0.15, -0.1) is 0 Å². The second-order valence-electron chi connectivity index (χ2n) is 5.15. The molecular weight excluding hydrogens is 357 g/mol. The fourth-order valence-electron chi connectivity index (χ4n) is 2.17. The highest BCUT2D eigenvalue weighted by Crippen LogP contribution is 2.31. The molecule has 0 amide bonds. The van der Waals surface area contributed by atoms with Gasteiger partial charge < -0.3 is 0 Å². The van der Waals surface area contributed by atoms with Gasteiger partial charge in [-0.2, -0.15) is 13.2 Å². The van der Waals surface area contributed by atoms with E-state index in [1.807, 2.05) is 0 Å². The number of hydrogen-bond donors (Lipinski definition) is 2. The minimum absolute atomic E-state index is 0.0302. The number of benzene rings is 1. The van der Waals surface area contributed by atoms with Crippen molar-refractivity contribution in [3.8, 4) is 0 Å². The molecule has 23 heavy (non-hydrogen) atoms. The third-order valence-electron chi connectivity index (χ3n) is 2.92. The molecule has 0 bridgehead atoms. The van der Waals surface area contributed by atoms with Crippen LogP contribution in [0, 0.1) is 20.8 Å². The van der Waals surface area contributed by atoms with Gasteiger partial charge in [0.15, 0.2) is 0 Å². The molecule has 0 saturated carbocycles. The van der Waals surface area contributed by atoms with Crippen molar-refractivity contribution in [1.29, 1.82) is 0 Å². The summed E-state index contributed by atoms with van der Waals surface area (Å²) < 4.78 is 87.5. The van der Waals surface area contributed by atoms with Gasteiger partial charge in [-0.1, -0.05) is 6.07 Å². The van der Waals surface area contributed by atoms with Gasteiger partial charge in [-0.25, -0.2) is 21.6 Å². The first-order chi connectivity index (χ1) is 10.1. The van der Waals surface area contributed by atoms with Gasteiger partial charge in [-0.3, -0.25) is 4.72 Å². The monoisotopic (exact) mass is 374 g/mol. The van der Waals surface area contributed by atoms with E-state index in [0.29, 0.717) is 5.56 Å². The van der Waals surface area contributed by atoms with Gasteiger partial charge in [0.2, 0.25) is 20.0 Å². The van der Waals surface area contributed by atoms with E-state index in [4.69, 9.17) is 0 Å². The van der Waals surface area contributed by atoms with Crippen LogP contribution in [-0.4, -0.2) is 35.8 Å². The fourth-order valence-corrected chi connectivity index (χ4v) is 4.34. The van der Waals surface area contributed by atoms with Crippen LogP contribution in [0.1, 0.15) is 16.7 Å². The Balaban J connectivity index is 3.45. The fraction of sp³-hybridized carbons (Fsp3) is 0.500. The normalized spacial score (nSPS) is 13.2. The van der Waals surface area contributed by atoms with E-state index in [1.54, 1.807) is 6.92 Å². The van der Waals surface area contributed by atoms with Crippen molar-refractivity contribution in [3.05, 3.63) is 22.8 Å². The van der Waals surface area contributed by atoms with Crippen LogP contribution in [0.2, 0.25) is 0 Å². The Bertz CT molecular complexity index is 816. The van der Waals surface area contributed by atoms with Gasteiger partial charge in [0.25, 0.3) is 0 Å². The number of aryl methyl sites for hydroxylation is 2. The van der Waals surface area contributed by atoms with Crippen LogP contribution in [0.25, 0.3) is 0 Å². The molecule has 0 aliphatic rings. The summed E-state index contributed by atoms with van der Waals surface area (Å²) in [6.45, 7) is 2.60. The van der Waals surface area contributed by atoms with Crippen molar-refractivity contribution in [2.75, 3.05) is 17.5 Å². The number of hydrogen-bond acceptors (Lipinski definition) is 4. The molecule has 1 rings (SSSR count). The van der Waals surface area contributed by atoms with Gasteiger partial charge in [-0.05, 0) is 37.5 Å². The van der Waals surface area contributed by atoms with Crippen molar-refractivity contribution in [2.24, 2.45) is 0 Å². The van der Waals surface area contributed by atoms with E-state index in [1.165, 1.54) is 24.6 Å². The largest absolute Gasteiger partial charge is 0.402 e. The third-order valence-corrected chi connectivity index (χ3v) is 5.18. The highest BCUT2D eigenvalue weighted by atomic mass is 32.2. The molecule has 1 aromatic rings. The summed E-state index contributed by atoms with van der Waals surface area (Å²) in [5, 5.41) is 0. The first kappa shape index (κ1) is 19.7. The summed E-state index contributed by atoms with van der Waals surface area (Å²) in [5.41, 5.74) is 0.738. The maximum absolute atomic E-state index is 12.3. The molecule has 2 N–H and O–H groups in total. The smallest absolute Gasteiger partial charge is 0.283 e. The van der Waals surface area contributed by atoms with E-state index in [0.717, 1.165) is 6.26 Å².